The fourth-order valence-electron chi connectivity index (χ4n) is 1.34. The van der Waals surface area contributed by atoms with Gasteiger partial charge in [-0.05, 0) is 6.92 Å². The van der Waals surface area contributed by atoms with Crippen molar-refractivity contribution in [1.82, 2.24) is 4.90 Å². The van der Waals surface area contributed by atoms with Gasteiger partial charge in [-0.1, -0.05) is 0 Å². The van der Waals surface area contributed by atoms with Crippen LogP contribution in [0.2, 0.25) is 0 Å². The van der Waals surface area contributed by atoms with Crippen molar-refractivity contribution in [2.24, 2.45) is 5.73 Å². The molecule has 1 unspecified atom stereocenters. The Kier molecular flexibility index (Phi) is 3.09. The van der Waals surface area contributed by atoms with Crippen LogP contribution in [0.3, 0.4) is 0 Å². The quantitative estimate of drug-likeness (QED) is 0.613. The Labute approximate surface area is 73.6 Å². The monoisotopic (exact) mass is 192 g/mol. The van der Waals surface area contributed by atoms with E-state index in [1.165, 1.54) is 0 Å². The largest absolute Gasteiger partial charge is 0.327 e. The molecular formula is C7H16N2O2S. The van der Waals surface area contributed by atoms with Crippen LogP contribution in [0, 0.1) is 0 Å². The number of hydrogen-bond acceptors (Lipinski definition) is 4. The second kappa shape index (κ2) is 3.72. The highest BCUT2D eigenvalue weighted by Gasteiger charge is 2.21. The van der Waals surface area contributed by atoms with E-state index in [2.05, 4.69) is 4.90 Å². The molecule has 0 aromatic carbocycles. The topological polar surface area (TPSA) is 63.4 Å². The van der Waals surface area contributed by atoms with Crippen LogP contribution in [0.25, 0.3) is 0 Å². The lowest BCUT2D eigenvalue weighted by atomic mass is 10.3. The first-order valence-corrected chi connectivity index (χ1v) is 6.00. The number of hydrogen-bond donors (Lipinski definition) is 1. The van der Waals surface area contributed by atoms with Crippen molar-refractivity contribution >= 4 is 9.84 Å². The Bertz CT molecular complexity index is 222. The van der Waals surface area contributed by atoms with E-state index in [0.717, 1.165) is 6.54 Å². The second-order valence-corrected chi connectivity index (χ2v) is 5.73. The molecule has 0 amide bonds. The van der Waals surface area contributed by atoms with Gasteiger partial charge in [-0.25, -0.2) is 8.42 Å². The minimum atomic E-state index is -2.73. The van der Waals surface area contributed by atoms with E-state index in [1.54, 1.807) is 0 Å². The van der Waals surface area contributed by atoms with Crippen molar-refractivity contribution in [3.63, 3.8) is 0 Å². The Morgan fingerprint density at radius 2 is 1.92 bits per heavy atom. The molecule has 0 aliphatic carbocycles. The summed E-state index contributed by atoms with van der Waals surface area (Å²) >= 11 is 0. The van der Waals surface area contributed by atoms with Crippen molar-refractivity contribution in [2.45, 2.75) is 13.0 Å². The zero-order chi connectivity index (χ0) is 9.19. The molecule has 1 heterocycles. The summed E-state index contributed by atoms with van der Waals surface area (Å²) in [5, 5.41) is 0. The third-order valence-corrected chi connectivity index (χ3v) is 3.59. The highest BCUT2D eigenvalue weighted by Crippen LogP contribution is 2.03. The highest BCUT2D eigenvalue weighted by molar-refractivity contribution is 7.91. The third kappa shape index (κ3) is 3.08. The highest BCUT2D eigenvalue weighted by atomic mass is 32.2. The zero-order valence-electron chi connectivity index (χ0n) is 7.36. The first-order valence-electron chi connectivity index (χ1n) is 4.18. The molecule has 0 spiro atoms. The van der Waals surface area contributed by atoms with Gasteiger partial charge in [0.2, 0.25) is 0 Å². The predicted octanol–water partition coefficient (Wildman–Crippen LogP) is -0.936. The summed E-state index contributed by atoms with van der Waals surface area (Å²) in [5.74, 6) is 0.583. The average Bonchev–Trinajstić information content (AvgIpc) is 1.93. The van der Waals surface area contributed by atoms with Crippen LogP contribution in [0.5, 0.6) is 0 Å². The van der Waals surface area contributed by atoms with Gasteiger partial charge < -0.3 is 5.73 Å². The van der Waals surface area contributed by atoms with E-state index in [1.807, 2.05) is 6.92 Å². The molecular weight excluding hydrogens is 176 g/mol. The molecule has 5 heteroatoms. The molecule has 0 radical (unpaired) electrons. The molecule has 1 saturated heterocycles. The molecule has 0 aromatic heterocycles. The Morgan fingerprint density at radius 1 is 1.42 bits per heavy atom. The van der Waals surface area contributed by atoms with Gasteiger partial charge in [0, 0.05) is 25.7 Å². The van der Waals surface area contributed by atoms with Crippen molar-refractivity contribution < 1.29 is 8.42 Å². The van der Waals surface area contributed by atoms with Gasteiger partial charge in [-0.2, -0.15) is 0 Å². The van der Waals surface area contributed by atoms with Crippen molar-refractivity contribution in [1.29, 1.82) is 0 Å². The zero-order valence-corrected chi connectivity index (χ0v) is 8.18. The van der Waals surface area contributed by atoms with Crippen LogP contribution in [0.1, 0.15) is 6.92 Å². The predicted molar refractivity (Wildman–Crippen MR) is 48.7 cm³/mol. The summed E-state index contributed by atoms with van der Waals surface area (Å²) in [6.07, 6.45) is 0. The van der Waals surface area contributed by atoms with Gasteiger partial charge in [0.05, 0.1) is 11.5 Å². The number of nitrogens with zero attached hydrogens (tertiary/aromatic N) is 1. The molecule has 1 fully saturated rings. The van der Waals surface area contributed by atoms with Crippen LogP contribution in [0.15, 0.2) is 0 Å². The van der Waals surface area contributed by atoms with E-state index >= 15 is 0 Å². The van der Waals surface area contributed by atoms with Crippen LogP contribution >= 0.6 is 0 Å². The summed E-state index contributed by atoms with van der Waals surface area (Å²) < 4.78 is 22.0. The molecule has 1 aliphatic heterocycles. The summed E-state index contributed by atoms with van der Waals surface area (Å²) in [7, 11) is -2.73. The maximum Gasteiger partial charge on any atom is 0.152 e. The third-order valence-electron chi connectivity index (χ3n) is 1.98. The Hall–Kier alpha value is -0.130. The lowest BCUT2D eigenvalue weighted by Gasteiger charge is -2.27. The van der Waals surface area contributed by atoms with Crippen LogP contribution in [0.4, 0.5) is 0 Å². The first-order chi connectivity index (χ1) is 5.49. The fraction of sp³-hybridized carbons (Fsp3) is 1.00. The van der Waals surface area contributed by atoms with Crippen molar-refractivity contribution in [3.8, 4) is 0 Å². The van der Waals surface area contributed by atoms with E-state index in [0.29, 0.717) is 24.6 Å². The van der Waals surface area contributed by atoms with E-state index in [4.69, 9.17) is 5.73 Å². The lowest BCUT2D eigenvalue weighted by molar-refractivity contribution is 0.281. The summed E-state index contributed by atoms with van der Waals surface area (Å²) in [5.41, 5.74) is 5.60. The lowest BCUT2D eigenvalue weighted by Crippen LogP contribution is -2.44. The molecule has 0 saturated carbocycles. The molecule has 12 heavy (non-hydrogen) atoms. The number of sulfone groups is 1. The number of rotatable bonds is 2. The normalized spacial score (nSPS) is 26.8. The molecule has 0 bridgehead atoms. The first kappa shape index (κ1) is 9.95. The second-order valence-electron chi connectivity index (χ2n) is 3.43. The summed E-state index contributed by atoms with van der Waals surface area (Å²) in [6.45, 7) is 4.02. The van der Waals surface area contributed by atoms with Crippen LogP contribution < -0.4 is 5.73 Å². The minimum absolute atomic E-state index is 0.130. The molecule has 1 aliphatic rings. The van der Waals surface area contributed by atoms with E-state index in [-0.39, 0.29) is 6.04 Å². The van der Waals surface area contributed by atoms with E-state index in [9.17, 15) is 8.42 Å². The van der Waals surface area contributed by atoms with Crippen LogP contribution in [-0.4, -0.2) is 50.5 Å². The number of nitrogens with two attached hydrogens (primary N) is 1. The SMILES string of the molecule is CC(N)CN1CCS(=O)(=O)CC1. The maximum atomic E-state index is 11.0. The molecule has 4 nitrogen and oxygen atoms in total. The fourth-order valence-corrected chi connectivity index (χ4v) is 2.62. The smallest absolute Gasteiger partial charge is 0.152 e. The van der Waals surface area contributed by atoms with Gasteiger partial charge in [0.15, 0.2) is 9.84 Å². The van der Waals surface area contributed by atoms with Gasteiger partial charge in [-0.3, -0.25) is 4.90 Å². The molecule has 2 N–H and O–H groups in total. The Morgan fingerprint density at radius 3 is 2.33 bits per heavy atom. The average molecular weight is 192 g/mol. The Balaban J connectivity index is 2.36. The van der Waals surface area contributed by atoms with Gasteiger partial charge >= 0.3 is 0 Å². The standard InChI is InChI=1S/C7H16N2O2S/c1-7(8)6-9-2-4-12(10,11)5-3-9/h7H,2-6,8H2,1H3. The van der Waals surface area contributed by atoms with Gasteiger partial charge in [0.25, 0.3) is 0 Å². The van der Waals surface area contributed by atoms with Crippen molar-refractivity contribution in [3.05, 3.63) is 0 Å². The van der Waals surface area contributed by atoms with Crippen LogP contribution in [-0.2, 0) is 9.84 Å². The maximum absolute atomic E-state index is 11.0. The summed E-state index contributed by atoms with van der Waals surface area (Å²) in [6, 6.07) is 0.130. The van der Waals surface area contributed by atoms with E-state index < -0.39 is 9.84 Å². The van der Waals surface area contributed by atoms with Gasteiger partial charge in [-0.15, -0.1) is 0 Å². The van der Waals surface area contributed by atoms with Gasteiger partial charge in [0.1, 0.15) is 0 Å². The summed E-state index contributed by atoms with van der Waals surface area (Å²) in [4.78, 5) is 2.10. The van der Waals surface area contributed by atoms with Crippen molar-refractivity contribution in [2.75, 3.05) is 31.1 Å². The minimum Gasteiger partial charge on any atom is -0.327 e. The molecule has 72 valence electrons. The molecule has 1 atom stereocenters. The molecule has 1 rings (SSSR count). The molecule has 0 aromatic rings.